The molecule has 0 saturated carbocycles. The molecule has 3 nitrogen and oxygen atoms in total. The Morgan fingerprint density at radius 2 is 1.53 bits per heavy atom. The molecule has 0 rings (SSSR count). The summed E-state index contributed by atoms with van der Waals surface area (Å²) in [4.78, 5) is 13.6. The smallest absolute Gasteiger partial charge is 0.410 e. The van der Waals surface area contributed by atoms with Crippen molar-refractivity contribution in [3.8, 4) is 0 Å². The minimum Gasteiger partial charge on any atom is -0.446 e. The Labute approximate surface area is 107 Å². The lowest BCUT2D eigenvalue weighted by atomic mass is 9.93. The van der Waals surface area contributed by atoms with E-state index in [1.165, 1.54) is 0 Å². The second-order valence-electron chi connectivity index (χ2n) is 4.60. The van der Waals surface area contributed by atoms with E-state index in [1.54, 1.807) is 4.90 Å². The summed E-state index contributed by atoms with van der Waals surface area (Å²) >= 11 is 0. The van der Waals surface area contributed by atoms with Crippen LogP contribution in [-0.4, -0.2) is 30.2 Å². The topological polar surface area (TPSA) is 29.5 Å². The Morgan fingerprint density at radius 1 is 1.06 bits per heavy atom. The highest BCUT2D eigenvalue weighted by Gasteiger charge is 2.21. The van der Waals surface area contributed by atoms with E-state index in [1.807, 2.05) is 20.8 Å². The van der Waals surface area contributed by atoms with Crippen molar-refractivity contribution >= 4 is 6.09 Å². The summed E-state index contributed by atoms with van der Waals surface area (Å²) in [6, 6.07) is 0. The van der Waals surface area contributed by atoms with Crippen LogP contribution in [-0.2, 0) is 4.74 Å². The lowest BCUT2D eigenvalue weighted by Gasteiger charge is -2.26. The second kappa shape index (κ2) is 9.32. The van der Waals surface area contributed by atoms with Crippen molar-refractivity contribution in [3.05, 3.63) is 0 Å². The molecule has 1 unspecified atom stereocenters. The molecule has 1 atom stereocenters. The van der Waals surface area contributed by atoms with Gasteiger partial charge in [0.05, 0.1) is 0 Å². The quantitative estimate of drug-likeness (QED) is 0.643. The molecule has 1 amide bonds. The largest absolute Gasteiger partial charge is 0.446 e. The van der Waals surface area contributed by atoms with Crippen molar-refractivity contribution in [2.45, 2.75) is 66.4 Å². The van der Waals surface area contributed by atoms with Crippen LogP contribution in [0.3, 0.4) is 0 Å². The zero-order chi connectivity index (χ0) is 13.3. The first-order valence-electron chi connectivity index (χ1n) is 7.06. The molecule has 0 aliphatic rings. The number of rotatable bonds is 8. The van der Waals surface area contributed by atoms with Gasteiger partial charge in [0.2, 0.25) is 0 Å². The molecule has 0 N–H and O–H groups in total. The molecule has 0 radical (unpaired) electrons. The summed E-state index contributed by atoms with van der Waals surface area (Å²) in [6.45, 7) is 11.8. The summed E-state index contributed by atoms with van der Waals surface area (Å²) in [6.07, 6.45) is 4.44. The number of ether oxygens (including phenoxy) is 1. The molecule has 0 saturated heterocycles. The predicted octanol–water partition coefficient (Wildman–Crippen LogP) is 4.07. The number of hydrogen-bond donors (Lipinski definition) is 0. The SMILES string of the molecule is CCCC(CCC)C(C)OC(=O)N(CC)CC. The highest BCUT2D eigenvalue weighted by atomic mass is 16.6. The summed E-state index contributed by atoms with van der Waals surface area (Å²) in [5.41, 5.74) is 0. The van der Waals surface area contributed by atoms with Gasteiger partial charge >= 0.3 is 6.09 Å². The van der Waals surface area contributed by atoms with Crippen LogP contribution in [0.2, 0.25) is 0 Å². The Hall–Kier alpha value is -0.730. The molecule has 0 aromatic rings. The first kappa shape index (κ1) is 16.3. The van der Waals surface area contributed by atoms with Crippen LogP contribution in [0.25, 0.3) is 0 Å². The van der Waals surface area contributed by atoms with Gasteiger partial charge in [-0.25, -0.2) is 4.79 Å². The fourth-order valence-corrected chi connectivity index (χ4v) is 2.17. The van der Waals surface area contributed by atoms with Crippen LogP contribution < -0.4 is 0 Å². The molecule has 0 fully saturated rings. The summed E-state index contributed by atoms with van der Waals surface area (Å²) in [5.74, 6) is 0.504. The number of amides is 1. The van der Waals surface area contributed by atoms with Gasteiger partial charge in [-0.3, -0.25) is 0 Å². The van der Waals surface area contributed by atoms with Crippen LogP contribution in [0.4, 0.5) is 4.79 Å². The van der Waals surface area contributed by atoms with Crippen molar-refractivity contribution < 1.29 is 9.53 Å². The third-order valence-corrected chi connectivity index (χ3v) is 3.29. The Kier molecular flexibility index (Phi) is 8.92. The van der Waals surface area contributed by atoms with Crippen LogP contribution in [0.1, 0.15) is 60.3 Å². The highest BCUT2D eigenvalue weighted by Crippen LogP contribution is 2.20. The monoisotopic (exact) mass is 243 g/mol. The molecule has 17 heavy (non-hydrogen) atoms. The van der Waals surface area contributed by atoms with Gasteiger partial charge in [0, 0.05) is 13.1 Å². The van der Waals surface area contributed by atoms with Gasteiger partial charge < -0.3 is 9.64 Å². The lowest BCUT2D eigenvalue weighted by molar-refractivity contribution is 0.0407. The van der Waals surface area contributed by atoms with E-state index in [0.717, 1.165) is 25.7 Å². The molecule has 0 aliphatic heterocycles. The van der Waals surface area contributed by atoms with E-state index >= 15 is 0 Å². The molecule has 102 valence electrons. The van der Waals surface area contributed by atoms with Gasteiger partial charge in [0.1, 0.15) is 6.10 Å². The lowest BCUT2D eigenvalue weighted by Crippen LogP contribution is -2.35. The molecule has 0 aromatic carbocycles. The van der Waals surface area contributed by atoms with Gasteiger partial charge in [-0.1, -0.05) is 26.7 Å². The molecule has 0 spiro atoms. The average molecular weight is 243 g/mol. The van der Waals surface area contributed by atoms with Gasteiger partial charge in [-0.05, 0) is 39.5 Å². The second-order valence-corrected chi connectivity index (χ2v) is 4.60. The van der Waals surface area contributed by atoms with Gasteiger partial charge in [-0.15, -0.1) is 0 Å². The number of hydrogen-bond acceptors (Lipinski definition) is 2. The average Bonchev–Trinajstić information content (AvgIpc) is 2.30. The van der Waals surface area contributed by atoms with Crippen molar-refractivity contribution in [2.75, 3.05) is 13.1 Å². The summed E-state index contributed by atoms with van der Waals surface area (Å²) in [5, 5.41) is 0. The van der Waals surface area contributed by atoms with Gasteiger partial charge in [0.15, 0.2) is 0 Å². The van der Waals surface area contributed by atoms with Crippen LogP contribution >= 0.6 is 0 Å². The maximum atomic E-state index is 11.8. The van der Waals surface area contributed by atoms with Crippen molar-refractivity contribution in [1.29, 1.82) is 0 Å². The summed E-state index contributed by atoms with van der Waals surface area (Å²) in [7, 11) is 0. The molecule has 0 aliphatic carbocycles. The molecular weight excluding hydrogens is 214 g/mol. The number of nitrogens with zero attached hydrogens (tertiary/aromatic N) is 1. The molecule has 0 aromatic heterocycles. The zero-order valence-corrected chi connectivity index (χ0v) is 12.2. The third kappa shape index (κ3) is 5.94. The normalized spacial score (nSPS) is 12.6. The van der Waals surface area contributed by atoms with Crippen molar-refractivity contribution in [3.63, 3.8) is 0 Å². The third-order valence-electron chi connectivity index (χ3n) is 3.29. The predicted molar refractivity (Wildman–Crippen MR) is 72.2 cm³/mol. The Bertz CT molecular complexity index is 196. The van der Waals surface area contributed by atoms with Crippen LogP contribution in [0.15, 0.2) is 0 Å². The van der Waals surface area contributed by atoms with E-state index < -0.39 is 0 Å². The maximum absolute atomic E-state index is 11.8. The van der Waals surface area contributed by atoms with Gasteiger partial charge in [-0.2, -0.15) is 0 Å². The molecule has 0 bridgehead atoms. The maximum Gasteiger partial charge on any atom is 0.410 e. The van der Waals surface area contributed by atoms with E-state index in [-0.39, 0.29) is 12.2 Å². The van der Waals surface area contributed by atoms with E-state index in [9.17, 15) is 4.79 Å². The Morgan fingerprint density at radius 3 is 1.88 bits per heavy atom. The Balaban J connectivity index is 4.27. The first-order valence-corrected chi connectivity index (χ1v) is 7.06. The zero-order valence-electron chi connectivity index (χ0n) is 12.2. The molecule has 3 heteroatoms. The van der Waals surface area contributed by atoms with E-state index in [4.69, 9.17) is 4.74 Å². The van der Waals surface area contributed by atoms with Crippen molar-refractivity contribution in [1.82, 2.24) is 4.90 Å². The van der Waals surface area contributed by atoms with E-state index in [2.05, 4.69) is 13.8 Å². The fraction of sp³-hybridized carbons (Fsp3) is 0.929. The highest BCUT2D eigenvalue weighted by molar-refractivity contribution is 5.67. The minimum absolute atomic E-state index is 0.0306. The molecular formula is C14H29NO2. The first-order chi connectivity index (χ1) is 8.10. The minimum atomic E-state index is -0.167. The van der Waals surface area contributed by atoms with Crippen LogP contribution in [0.5, 0.6) is 0 Å². The standard InChI is InChI=1S/C14H29NO2/c1-6-10-13(11-7-2)12(5)17-14(16)15(8-3)9-4/h12-13H,6-11H2,1-5H3. The van der Waals surface area contributed by atoms with E-state index in [0.29, 0.717) is 19.0 Å². The summed E-state index contributed by atoms with van der Waals surface area (Å²) < 4.78 is 5.55. The number of carbonyl (C=O) groups excluding carboxylic acids is 1. The number of carbonyl (C=O) groups is 1. The fourth-order valence-electron chi connectivity index (χ4n) is 2.17. The van der Waals surface area contributed by atoms with Crippen LogP contribution in [0, 0.1) is 5.92 Å². The van der Waals surface area contributed by atoms with Gasteiger partial charge in [0.25, 0.3) is 0 Å². The molecule has 0 heterocycles. The van der Waals surface area contributed by atoms with Crippen molar-refractivity contribution in [2.24, 2.45) is 5.92 Å².